The van der Waals surface area contributed by atoms with Crippen LogP contribution in [0.5, 0.6) is 0 Å². The van der Waals surface area contributed by atoms with Crippen LogP contribution in [-0.4, -0.2) is 41.3 Å². The smallest absolute Gasteiger partial charge is 0.356 e. The zero-order chi connectivity index (χ0) is 26.0. The molecule has 4 N–H and O–H groups in total. The third-order valence-corrected chi connectivity index (χ3v) is 5.80. The summed E-state index contributed by atoms with van der Waals surface area (Å²) in [5, 5.41) is 17.6. The Kier molecular flexibility index (Phi) is 7.43. The lowest BCUT2D eigenvalue weighted by atomic mass is 9.87. The van der Waals surface area contributed by atoms with Gasteiger partial charge in [0.25, 0.3) is 5.91 Å². The van der Waals surface area contributed by atoms with E-state index in [1.807, 2.05) is 26.8 Å². The van der Waals surface area contributed by atoms with E-state index in [0.717, 1.165) is 6.07 Å². The van der Waals surface area contributed by atoms with Crippen LogP contribution in [0.2, 0.25) is 0 Å². The highest BCUT2D eigenvalue weighted by Crippen LogP contribution is 2.34. The minimum atomic E-state index is -4.60. The van der Waals surface area contributed by atoms with Crippen LogP contribution in [0.3, 0.4) is 0 Å². The number of aromatic nitrogens is 1. The number of nitriles is 1. The summed E-state index contributed by atoms with van der Waals surface area (Å²) in [7, 11) is 0. The zero-order valence-corrected chi connectivity index (χ0v) is 19.7. The molecular formula is C24H28F3N5O3. The number of hydrogen-bond donors (Lipinski definition) is 4. The quantitative estimate of drug-likeness (QED) is 0.474. The second-order valence-electron chi connectivity index (χ2n) is 9.94. The van der Waals surface area contributed by atoms with E-state index in [0.29, 0.717) is 13.0 Å². The number of nitrogens with one attached hydrogen (secondary N) is 4. The topological polar surface area (TPSA) is 127 Å². The second-order valence-corrected chi connectivity index (χ2v) is 9.94. The van der Waals surface area contributed by atoms with E-state index in [9.17, 15) is 32.8 Å². The van der Waals surface area contributed by atoms with Gasteiger partial charge in [-0.05, 0) is 36.8 Å². The van der Waals surface area contributed by atoms with Crippen LogP contribution in [0.15, 0.2) is 24.3 Å². The predicted octanol–water partition coefficient (Wildman–Crippen LogP) is 3.26. The highest BCUT2D eigenvalue weighted by atomic mass is 19.4. The second kappa shape index (κ2) is 9.98. The number of H-pyrrole nitrogens is 1. The molecule has 1 saturated heterocycles. The fourth-order valence-electron chi connectivity index (χ4n) is 4.14. The SMILES string of the molecule is CC(C)(C)CC(NC(=O)c1cc2cccc(C(F)(F)F)c2[nH]1)C(=O)N[C@H](C#N)C[C@@H]1CCNC1=O. The van der Waals surface area contributed by atoms with E-state index in [2.05, 4.69) is 20.9 Å². The maximum absolute atomic E-state index is 13.3. The van der Waals surface area contributed by atoms with Crippen molar-refractivity contribution in [2.75, 3.05) is 6.54 Å². The van der Waals surface area contributed by atoms with E-state index in [-0.39, 0.29) is 41.3 Å². The van der Waals surface area contributed by atoms with Crippen LogP contribution < -0.4 is 16.0 Å². The third kappa shape index (κ3) is 6.53. The minimum absolute atomic E-state index is 0.122. The summed E-state index contributed by atoms with van der Waals surface area (Å²) < 4.78 is 40.0. The maximum Gasteiger partial charge on any atom is 0.418 e. The maximum atomic E-state index is 13.3. The van der Waals surface area contributed by atoms with Gasteiger partial charge < -0.3 is 20.9 Å². The molecule has 1 fully saturated rings. The molecule has 1 aromatic heterocycles. The molecule has 3 rings (SSSR count). The highest BCUT2D eigenvalue weighted by molar-refractivity contribution is 6.00. The average Bonchev–Trinajstić information content (AvgIpc) is 3.36. The Labute approximate surface area is 200 Å². The van der Waals surface area contributed by atoms with Crippen molar-refractivity contribution >= 4 is 28.6 Å². The first-order valence-corrected chi connectivity index (χ1v) is 11.3. The van der Waals surface area contributed by atoms with Crippen LogP contribution in [-0.2, 0) is 15.8 Å². The number of halogens is 3. The number of benzene rings is 1. The summed E-state index contributed by atoms with van der Waals surface area (Å²) in [6.07, 6.45) is -3.68. The van der Waals surface area contributed by atoms with Crippen LogP contribution >= 0.6 is 0 Å². The van der Waals surface area contributed by atoms with Crippen molar-refractivity contribution in [2.24, 2.45) is 11.3 Å². The summed E-state index contributed by atoms with van der Waals surface area (Å²) in [4.78, 5) is 40.3. The van der Waals surface area contributed by atoms with E-state index >= 15 is 0 Å². The normalized spacial score (nSPS) is 18.0. The van der Waals surface area contributed by atoms with Gasteiger partial charge in [0.1, 0.15) is 17.8 Å². The molecule has 8 nitrogen and oxygen atoms in total. The van der Waals surface area contributed by atoms with Gasteiger partial charge in [-0.2, -0.15) is 18.4 Å². The zero-order valence-electron chi connectivity index (χ0n) is 19.7. The molecule has 3 atom stereocenters. The lowest BCUT2D eigenvalue weighted by Crippen LogP contribution is -2.51. The fraction of sp³-hybridized carbons (Fsp3) is 0.500. The van der Waals surface area contributed by atoms with E-state index in [1.165, 1.54) is 18.2 Å². The van der Waals surface area contributed by atoms with Gasteiger partial charge in [0, 0.05) is 17.8 Å². The lowest BCUT2D eigenvalue weighted by Gasteiger charge is -2.27. The molecular weight excluding hydrogens is 463 g/mol. The lowest BCUT2D eigenvalue weighted by molar-refractivity contribution is -0.136. The van der Waals surface area contributed by atoms with Crippen LogP contribution in [0, 0.1) is 22.7 Å². The molecule has 35 heavy (non-hydrogen) atoms. The van der Waals surface area contributed by atoms with Crippen molar-refractivity contribution in [2.45, 2.75) is 58.3 Å². The Hall–Kier alpha value is -3.55. The molecule has 3 amide bonds. The van der Waals surface area contributed by atoms with E-state index < -0.39 is 41.1 Å². The number of aromatic amines is 1. The van der Waals surface area contributed by atoms with Crippen molar-refractivity contribution in [3.05, 3.63) is 35.5 Å². The Morgan fingerprint density at radius 1 is 1.23 bits per heavy atom. The van der Waals surface area contributed by atoms with Gasteiger partial charge in [0.2, 0.25) is 11.8 Å². The molecule has 0 radical (unpaired) electrons. The Morgan fingerprint density at radius 2 is 1.94 bits per heavy atom. The molecule has 11 heteroatoms. The molecule has 188 valence electrons. The van der Waals surface area contributed by atoms with Crippen molar-refractivity contribution in [3.63, 3.8) is 0 Å². The number of carbonyl (C=O) groups excluding carboxylic acids is 3. The summed E-state index contributed by atoms with van der Waals surface area (Å²) in [5.74, 6) is -1.91. The monoisotopic (exact) mass is 491 g/mol. The van der Waals surface area contributed by atoms with Crippen molar-refractivity contribution < 1.29 is 27.6 Å². The van der Waals surface area contributed by atoms with Gasteiger partial charge in [-0.15, -0.1) is 0 Å². The van der Waals surface area contributed by atoms with Crippen LogP contribution in [0.4, 0.5) is 13.2 Å². The molecule has 1 unspecified atom stereocenters. The largest absolute Gasteiger partial charge is 0.418 e. The predicted molar refractivity (Wildman–Crippen MR) is 122 cm³/mol. The Bertz CT molecular complexity index is 1160. The molecule has 0 aliphatic carbocycles. The first kappa shape index (κ1) is 26.1. The molecule has 2 heterocycles. The Balaban J connectivity index is 1.78. The summed E-state index contributed by atoms with van der Waals surface area (Å²) in [6.45, 7) is 6.10. The summed E-state index contributed by atoms with van der Waals surface area (Å²) >= 11 is 0. The first-order chi connectivity index (χ1) is 16.3. The number of para-hydroxylation sites is 1. The minimum Gasteiger partial charge on any atom is -0.356 e. The number of fused-ring (bicyclic) bond motifs is 1. The number of alkyl halides is 3. The van der Waals surface area contributed by atoms with Gasteiger partial charge in [0.15, 0.2) is 0 Å². The Morgan fingerprint density at radius 3 is 2.51 bits per heavy atom. The van der Waals surface area contributed by atoms with Gasteiger partial charge in [-0.3, -0.25) is 14.4 Å². The van der Waals surface area contributed by atoms with Gasteiger partial charge in [-0.1, -0.05) is 32.9 Å². The van der Waals surface area contributed by atoms with Gasteiger partial charge in [-0.25, -0.2) is 0 Å². The standard InChI is InChI=1S/C24H28F3N5O3/c1-23(2,3)11-18(22(35)30-15(12-28)9-14-7-8-29-20(14)33)32-21(34)17-10-13-5-4-6-16(19(13)31-17)24(25,26)27/h4-6,10,14-15,18,31H,7-9,11H2,1-3H3,(H,29,33)(H,30,35)(H,32,34)/t14-,15-,18?/m0/s1. The van der Waals surface area contributed by atoms with Crippen LogP contribution in [0.1, 0.15) is 56.1 Å². The molecule has 1 aromatic carbocycles. The number of amides is 3. The summed E-state index contributed by atoms with van der Waals surface area (Å²) in [6, 6.07) is 4.92. The number of hydrogen-bond acceptors (Lipinski definition) is 4. The van der Waals surface area contributed by atoms with E-state index in [4.69, 9.17) is 0 Å². The third-order valence-electron chi connectivity index (χ3n) is 5.80. The summed E-state index contributed by atoms with van der Waals surface area (Å²) in [5.41, 5.74) is -1.64. The van der Waals surface area contributed by atoms with Crippen LogP contribution in [0.25, 0.3) is 10.9 Å². The molecule has 0 saturated carbocycles. The highest BCUT2D eigenvalue weighted by Gasteiger charge is 2.34. The molecule has 2 aromatic rings. The molecule has 1 aliphatic heterocycles. The van der Waals surface area contributed by atoms with Gasteiger partial charge >= 0.3 is 6.18 Å². The van der Waals surface area contributed by atoms with Gasteiger partial charge in [0.05, 0.1) is 17.1 Å². The molecule has 0 bridgehead atoms. The number of nitrogens with zero attached hydrogens (tertiary/aromatic N) is 1. The number of carbonyl (C=O) groups is 3. The van der Waals surface area contributed by atoms with Crippen molar-refractivity contribution in [1.29, 1.82) is 5.26 Å². The number of rotatable bonds is 7. The fourth-order valence-corrected chi connectivity index (χ4v) is 4.14. The average molecular weight is 492 g/mol. The van der Waals surface area contributed by atoms with Crippen molar-refractivity contribution in [3.8, 4) is 6.07 Å². The molecule has 0 spiro atoms. The van der Waals surface area contributed by atoms with Crippen molar-refractivity contribution in [1.82, 2.24) is 20.9 Å². The van der Waals surface area contributed by atoms with E-state index in [1.54, 1.807) is 0 Å². The molecule has 1 aliphatic rings. The first-order valence-electron chi connectivity index (χ1n) is 11.3.